The van der Waals surface area contributed by atoms with E-state index in [-0.39, 0.29) is 0 Å². The zero-order valence-corrected chi connectivity index (χ0v) is 12.3. The van der Waals surface area contributed by atoms with E-state index in [0.717, 1.165) is 0 Å². The Kier molecular flexibility index (Phi) is 19.0. The van der Waals surface area contributed by atoms with Crippen LogP contribution < -0.4 is 0 Å². The third-order valence-corrected chi connectivity index (χ3v) is 0. The van der Waals surface area contributed by atoms with Crippen molar-refractivity contribution in [2.45, 2.75) is 13.8 Å². The molecule has 7 heavy (non-hydrogen) atoms. The van der Waals surface area contributed by atoms with Gasteiger partial charge in [-0.3, -0.25) is 0 Å². The molecule has 0 aliphatic carbocycles. The predicted molar refractivity (Wildman–Crippen MR) is 49.6 cm³/mol. The molecule has 45 valence electrons. The van der Waals surface area contributed by atoms with E-state index in [1.54, 1.807) is 0 Å². The molecule has 0 nitrogen and oxygen atoms in total. The first-order valence-corrected chi connectivity index (χ1v) is 24.0. The number of halogens is 3. The van der Waals surface area contributed by atoms with Gasteiger partial charge in [0.15, 0.2) is 0 Å². The van der Waals surface area contributed by atoms with Gasteiger partial charge < -0.3 is 0 Å². The van der Waals surface area contributed by atoms with Gasteiger partial charge in [-0.1, -0.05) is 13.8 Å². The summed E-state index contributed by atoms with van der Waals surface area (Å²) in [4.78, 5) is 0. The number of rotatable bonds is 0. The third-order valence-electron chi connectivity index (χ3n) is 0. The fourth-order valence-electron chi connectivity index (χ4n) is 0. The molecule has 0 aromatic heterocycles. The Balaban J connectivity index is 0. The van der Waals surface area contributed by atoms with Crippen LogP contribution in [-0.2, 0) is 0 Å². The molecule has 0 N–H and O–H groups in total. The van der Waals surface area contributed by atoms with Crippen LogP contribution >= 0.6 is 38.1 Å². The molecule has 0 fully saturated rings. The monoisotopic (exact) mass is 401 g/mol. The second-order valence-corrected chi connectivity index (χ2v) is 45.4. The summed E-state index contributed by atoms with van der Waals surface area (Å²) in [7, 11) is 0. The number of hydrogen-bond acceptors (Lipinski definition) is 0. The van der Waals surface area contributed by atoms with Crippen LogP contribution in [0.3, 0.4) is 0 Å². The molecule has 1 radical (unpaired) electrons. The minimum absolute atomic E-state index is 1.20. The van der Waals surface area contributed by atoms with Crippen molar-refractivity contribution in [1.29, 1.82) is 0 Å². The molecule has 0 spiro atoms. The van der Waals surface area contributed by atoms with Gasteiger partial charge in [-0.25, -0.2) is 0 Å². The van der Waals surface area contributed by atoms with Gasteiger partial charge in [0.05, 0.1) is 0 Å². The van der Waals surface area contributed by atoms with Crippen LogP contribution in [0.1, 0.15) is 13.8 Å². The molecule has 0 atom stereocenters. The molecule has 4 heteroatoms. The van der Waals surface area contributed by atoms with Crippen LogP contribution in [-0.4, -0.2) is 13.1 Å². The fraction of sp³-hybridized carbons (Fsp3) is 0.667. The second kappa shape index (κ2) is 11.1. The van der Waals surface area contributed by atoms with Crippen LogP contribution in [0.2, 0.25) is 0 Å². The summed E-state index contributed by atoms with van der Waals surface area (Å²) >= 11 is 8.74. The maximum atomic E-state index is 3.31. The maximum absolute atomic E-state index is 3.31. The molecule has 0 aromatic rings. The molecule has 0 aliphatic rings. The molecular formula is C3H8Br3Sn. The summed E-state index contributed by atoms with van der Waals surface area (Å²) in [6, 6.07) is 0. The first-order chi connectivity index (χ1) is 3.15. The molecule has 0 heterocycles. The Bertz CT molecular complexity index is 21.4. The molecule has 0 unspecified atom stereocenters. The van der Waals surface area contributed by atoms with E-state index in [1.807, 2.05) is 20.3 Å². The van der Waals surface area contributed by atoms with Gasteiger partial charge in [-0.15, -0.1) is 0 Å². The van der Waals surface area contributed by atoms with Crippen molar-refractivity contribution >= 4 is 51.2 Å². The van der Waals surface area contributed by atoms with Crippen molar-refractivity contribution in [3.63, 3.8) is 0 Å². The Morgan fingerprint density at radius 3 is 1.14 bits per heavy atom. The van der Waals surface area contributed by atoms with E-state index in [4.69, 9.17) is 0 Å². The van der Waals surface area contributed by atoms with E-state index in [0.29, 0.717) is 0 Å². The van der Waals surface area contributed by atoms with Gasteiger partial charge in [0.2, 0.25) is 0 Å². The summed E-state index contributed by atoms with van der Waals surface area (Å²) in [5.41, 5.74) is 0. The van der Waals surface area contributed by atoms with Crippen molar-refractivity contribution in [2.75, 3.05) is 0 Å². The third kappa shape index (κ3) is 64.0. The molecule has 0 bridgehead atoms. The molecule has 0 aromatic carbocycles. The van der Waals surface area contributed by atoms with Gasteiger partial charge in [0.25, 0.3) is 0 Å². The van der Waals surface area contributed by atoms with E-state index in [1.165, 1.54) is 0 Å². The quantitative estimate of drug-likeness (QED) is 0.546. The van der Waals surface area contributed by atoms with Gasteiger partial charge in [0.1, 0.15) is 0 Å². The topological polar surface area (TPSA) is 0 Å². The summed E-state index contributed by atoms with van der Waals surface area (Å²) < 4.78 is 0. The zero-order chi connectivity index (χ0) is 6.28. The average molecular weight is 403 g/mol. The van der Waals surface area contributed by atoms with Gasteiger partial charge in [-0.05, 0) is 6.42 Å². The molecule has 0 aliphatic heterocycles. The first kappa shape index (κ1) is 12.0. The normalized spacial score (nSPS) is 7.71. The van der Waals surface area contributed by atoms with Crippen LogP contribution in [0.25, 0.3) is 0 Å². The van der Waals surface area contributed by atoms with E-state index >= 15 is 0 Å². The SMILES string of the molecule is C[CH]C.[Br][SnH]([Br])[Br]. The van der Waals surface area contributed by atoms with Gasteiger partial charge in [0, 0.05) is 0 Å². The van der Waals surface area contributed by atoms with Crippen molar-refractivity contribution in [3.05, 3.63) is 6.42 Å². The van der Waals surface area contributed by atoms with Crippen molar-refractivity contribution in [1.82, 2.24) is 0 Å². The van der Waals surface area contributed by atoms with Crippen LogP contribution in [0.5, 0.6) is 0 Å². The Morgan fingerprint density at radius 1 is 1.14 bits per heavy atom. The standard InChI is InChI=1S/C3H7.3BrH.Sn.H/c1-3-2;;;;;/h3H,1-2H3;3*1H;;/q;;;;+3;/p-3. The van der Waals surface area contributed by atoms with Crippen molar-refractivity contribution in [3.8, 4) is 0 Å². The molecule has 0 saturated heterocycles. The minimum atomic E-state index is -1.20. The summed E-state index contributed by atoms with van der Waals surface area (Å²) in [5.74, 6) is 0. The fourth-order valence-corrected chi connectivity index (χ4v) is 0. The van der Waals surface area contributed by atoms with Gasteiger partial charge in [-0.2, -0.15) is 0 Å². The molecule has 0 rings (SSSR count). The molecule has 0 saturated carbocycles. The predicted octanol–water partition coefficient (Wildman–Crippen LogP) is 3.12. The van der Waals surface area contributed by atoms with Crippen molar-refractivity contribution < 1.29 is 0 Å². The first-order valence-electron chi connectivity index (χ1n) is 1.81. The van der Waals surface area contributed by atoms with Crippen LogP contribution in [0.4, 0.5) is 0 Å². The van der Waals surface area contributed by atoms with E-state index < -0.39 is 13.1 Å². The number of hydrogen-bond donors (Lipinski definition) is 0. The Labute approximate surface area is 70.4 Å². The molecular weight excluding hydrogens is 394 g/mol. The summed E-state index contributed by atoms with van der Waals surface area (Å²) in [6.07, 6.45) is 2.00. The zero-order valence-electron chi connectivity index (χ0n) is 4.29. The van der Waals surface area contributed by atoms with E-state index in [9.17, 15) is 0 Å². The second-order valence-electron chi connectivity index (χ2n) is 0.825. The van der Waals surface area contributed by atoms with Crippen molar-refractivity contribution in [2.24, 2.45) is 0 Å². The average Bonchev–Trinajstić information content (AvgIpc) is 1.33. The van der Waals surface area contributed by atoms with E-state index in [2.05, 4.69) is 38.1 Å². The summed E-state index contributed by atoms with van der Waals surface area (Å²) in [6.45, 7) is 4.00. The Hall–Kier alpha value is 2.24. The Morgan fingerprint density at radius 2 is 1.14 bits per heavy atom. The molecule has 0 amide bonds. The summed E-state index contributed by atoms with van der Waals surface area (Å²) in [5, 5.41) is 0. The van der Waals surface area contributed by atoms with Gasteiger partial charge >= 0.3 is 51.2 Å². The van der Waals surface area contributed by atoms with Crippen LogP contribution in [0.15, 0.2) is 0 Å². The van der Waals surface area contributed by atoms with Crippen LogP contribution in [0, 0.1) is 6.42 Å².